The van der Waals surface area contributed by atoms with E-state index in [1.165, 1.54) is 6.42 Å². The van der Waals surface area contributed by atoms with Crippen LogP contribution >= 0.6 is 0 Å². The third kappa shape index (κ3) is 3.79. The number of ether oxygens (including phenoxy) is 1. The van der Waals surface area contributed by atoms with Crippen LogP contribution < -0.4 is 0 Å². The van der Waals surface area contributed by atoms with Crippen LogP contribution in [-0.4, -0.2) is 37.7 Å². The predicted molar refractivity (Wildman–Crippen MR) is 73.6 cm³/mol. The first kappa shape index (κ1) is 14.5. The van der Waals surface area contributed by atoms with Gasteiger partial charge in [-0.2, -0.15) is 5.10 Å². The molecule has 2 rings (SSSR count). The summed E-state index contributed by atoms with van der Waals surface area (Å²) in [4.78, 5) is 0. The largest absolute Gasteiger partial charge is 0.384 e. The second-order valence-corrected chi connectivity index (χ2v) is 7.58. The van der Waals surface area contributed by atoms with E-state index in [1.54, 1.807) is 13.3 Å². The summed E-state index contributed by atoms with van der Waals surface area (Å²) in [6.07, 6.45) is 5.12. The van der Waals surface area contributed by atoms with Crippen molar-refractivity contribution in [3.8, 4) is 0 Å². The minimum Gasteiger partial charge on any atom is -0.384 e. The second-order valence-electron chi connectivity index (χ2n) is 5.47. The number of aromatic nitrogens is 2. The van der Waals surface area contributed by atoms with Gasteiger partial charge in [0.2, 0.25) is 0 Å². The molecular formula is C13H22N2O3S. The highest BCUT2D eigenvalue weighted by atomic mass is 32.2. The van der Waals surface area contributed by atoms with E-state index in [1.807, 2.05) is 17.7 Å². The summed E-state index contributed by atoms with van der Waals surface area (Å²) in [7, 11) is -1.51. The molecule has 0 spiro atoms. The Morgan fingerprint density at radius 1 is 1.53 bits per heavy atom. The molecule has 6 heteroatoms. The minimum atomic E-state index is -3.11. The Kier molecular flexibility index (Phi) is 4.62. The molecule has 0 aromatic carbocycles. The van der Waals surface area contributed by atoms with Crippen LogP contribution in [0.1, 0.15) is 37.9 Å². The first-order valence-electron chi connectivity index (χ1n) is 6.73. The fourth-order valence-electron chi connectivity index (χ4n) is 2.47. The van der Waals surface area contributed by atoms with E-state index in [9.17, 15) is 8.42 Å². The fraction of sp³-hybridized carbons (Fsp3) is 0.769. The third-order valence-electron chi connectivity index (χ3n) is 3.53. The van der Waals surface area contributed by atoms with Crippen LogP contribution in [0, 0.1) is 5.92 Å². The Hall–Kier alpha value is -0.880. The normalized spacial score (nSPS) is 18.2. The van der Waals surface area contributed by atoms with Crippen molar-refractivity contribution in [1.29, 1.82) is 0 Å². The summed E-state index contributed by atoms with van der Waals surface area (Å²) in [6, 6.07) is 2.22. The van der Waals surface area contributed by atoms with Crippen LogP contribution in [0.15, 0.2) is 12.3 Å². The van der Waals surface area contributed by atoms with Gasteiger partial charge in [-0.25, -0.2) is 8.42 Å². The monoisotopic (exact) mass is 286 g/mol. The lowest BCUT2D eigenvalue weighted by atomic mass is 9.93. The van der Waals surface area contributed by atoms with Crippen molar-refractivity contribution < 1.29 is 13.2 Å². The van der Waals surface area contributed by atoms with Crippen molar-refractivity contribution in [2.45, 2.75) is 38.0 Å². The van der Waals surface area contributed by atoms with Crippen molar-refractivity contribution in [2.24, 2.45) is 5.92 Å². The molecule has 0 amide bonds. The van der Waals surface area contributed by atoms with Crippen LogP contribution in [0.4, 0.5) is 0 Å². The van der Waals surface area contributed by atoms with Crippen molar-refractivity contribution in [3.05, 3.63) is 18.0 Å². The van der Waals surface area contributed by atoms with Gasteiger partial charge in [-0.15, -0.1) is 0 Å². The zero-order valence-electron chi connectivity index (χ0n) is 11.6. The van der Waals surface area contributed by atoms with Gasteiger partial charge in [0.25, 0.3) is 0 Å². The Morgan fingerprint density at radius 2 is 2.26 bits per heavy atom. The average molecular weight is 286 g/mol. The summed E-state index contributed by atoms with van der Waals surface area (Å²) in [5.41, 5.74) is 0.814. The average Bonchev–Trinajstić information content (AvgIpc) is 2.62. The summed E-state index contributed by atoms with van der Waals surface area (Å²) in [5, 5.41) is 4.27. The molecule has 0 aliphatic heterocycles. The molecule has 19 heavy (non-hydrogen) atoms. The van der Waals surface area contributed by atoms with Crippen LogP contribution in [0.25, 0.3) is 0 Å². The molecule has 1 fully saturated rings. The lowest BCUT2D eigenvalue weighted by molar-refractivity contribution is 0.167. The summed E-state index contributed by atoms with van der Waals surface area (Å²) in [6.45, 7) is 2.37. The quantitative estimate of drug-likeness (QED) is 0.767. The molecule has 1 atom stereocenters. The minimum absolute atomic E-state index is 0.0232. The zero-order chi connectivity index (χ0) is 13.9. The van der Waals surface area contributed by atoms with Crippen LogP contribution in [0.5, 0.6) is 0 Å². The van der Waals surface area contributed by atoms with E-state index in [0.29, 0.717) is 12.6 Å². The lowest BCUT2D eigenvalue weighted by Crippen LogP contribution is -2.24. The van der Waals surface area contributed by atoms with Gasteiger partial charge in [-0.05, 0) is 31.2 Å². The summed E-state index contributed by atoms with van der Waals surface area (Å²) in [5.74, 6) is 0.268. The molecule has 108 valence electrons. The SMILES string of the molecule is COCC(C)CS(=O)(=O)Cc1ccnn1C1CCC1. The number of nitrogens with zero attached hydrogens (tertiary/aromatic N) is 2. The Bertz CT molecular complexity index is 506. The van der Waals surface area contributed by atoms with Gasteiger partial charge in [-0.3, -0.25) is 4.68 Å². The Labute approximate surface area is 114 Å². The molecule has 1 aliphatic rings. The predicted octanol–water partition coefficient (Wildman–Crippen LogP) is 1.81. The number of rotatable bonds is 7. The van der Waals surface area contributed by atoms with Gasteiger partial charge < -0.3 is 4.74 Å². The van der Waals surface area contributed by atoms with E-state index in [0.717, 1.165) is 18.5 Å². The van der Waals surface area contributed by atoms with Gasteiger partial charge in [0.1, 0.15) is 0 Å². The van der Waals surface area contributed by atoms with E-state index in [2.05, 4.69) is 5.10 Å². The van der Waals surface area contributed by atoms with Crippen molar-refractivity contribution in [1.82, 2.24) is 9.78 Å². The third-order valence-corrected chi connectivity index (χ3v) is 5.34. The highest BCUT2D eigenvalue weighted by molar-refractivity contribution is 7.90. The van der Waals surface area contributed by atoms with Crippen LogP contribution in [-0.2, 0) is 20.3 Å². The molecule has 0 N–H and O–H groups in total. The molecular weight excluding hydrogens is 264 g/mol. The van der Waals surface area contributed by atoms with E-state index in [4.69, 9.17) is 4.74 Å². The van der Waals surface area contributed by atoms with Gasteiger partial charge >= 0.3 is 0 Å². The molecule has 1 aromatic rings. The van der Waals surface area contributed by atoms with Crippen molar-refractivity contribution in [3.63, 3.8) is 0 Å². The topological polar surface area (TPSA) is 61.2 Å². The summed E-state index contributed by atoms with van der Waals surface area (Å²) < 4.78 is 31.2. The number of methoxy groups -OCH3 is 1. The maximum atomic E-state index is 12.2. The molecule has 1 aliphatic carbocycles. The molecule has 1 unspecified atom stereocenters. The lowest BCUT2D eigenvalue weighted by Gasteiger charge is -2.27. The van der Waals surface area contributed by atoms with E-state index < -0.39 is 9.84 Å². The first-order valence-corrected chi connectivity index (χ1v) is 8.55. The van der Waals surface area contributed by atoms with Gasteiger partial charge in [0, 0.05) is 19.9 Å². The number of hydrogen-bond acceptors (Lipinski definition) is 4. The van der Waals surface area contributed by atoms with Gasteiger partial charge in [0.15, 0.2) is 9.84 Å². The van der Waals surface area contributed by atoms with Crippen LogP contribution in [0.2, 0.25) is 0 Å². The molecule has 1 heterocycles. The van der Waals surface area contributed by atoms with Gasteiger partial charge in [-0.1, -0.05) is 6.92 Å². The van der Waals surface area contributed by atoms with Crippen molar-refractivity contribution >= 4 is 9.84 Å². The van der Waals surface area contributed by atoms with Crippen LogP contribution in [0.3, 0.4) is 0 Å². The molecule has 5 nitrogen and oxygen atoms in total. The van der Waals surface area contributed by atoms with Crippen molar-refractivity contribution in [2.75, 3.05) is 19.5 Å². The second kappa shape index (κ2) is 6.05. The van der Waals surface area contributed by atoms with E-state index >= 15 is 0 Å². The Morgan fingerprint density at radius 3 is 2.84 bits per heavy atom. The highest BCUT2D eigenvalue weighted by Crippen LogP contribution is 2.32. The standard InChI is InChI=1S/C13H22N2O3S/c1-11(8-18-2)9-19(16,17)10-13-6-7-14-15(13)12-4-3-5-12/h6-7,11-12H,3-5,8-10H2,1-2H3. The number of sulfone groups is 1. The molecule has 0 saturated heterocycles. The number of hydrogen-bond donors (Lipinski definition) is 0. The van der Waals surface area contributed by atoms with E-state index in [-0.39, 0.29) is 17.4 Å². The smallest absolute Gasteiger partial charge is 0.156 e. The zero-order valence-corrected chi connectivity index (χ0v) is 12.4. The molecule has 1 saturated carbocycles. The molecule has 0 bridgehead atoms. The first-order chi connectivity index (χ1) is 9.02. The highest BCUT2D eigenvalue weighted by Gasteiger charge is 2.25. The summed E-state index contributed by atoms with van der Waals surface area (Å²) >= 11 is 0. The Balaban J connectivity index is 2.01. The fourth-order valence-corrected chi connectivity index (χ4v) is 4.23. The maximum absolute atomic E-state index is 12.2. The maximum Gasteiger partial charge on any atom is 0.156 e. The molecule has 1 aromatic heterocycles. The molecule has 0 radical (unpaired) electrons. The van der Waals surface area contributed by atoms with Gasteiger partial charge in [0.05, 0.1) is 23.2 Å².